The topological polar surface area (TPSA) is 97.4 Å². The van der Waals surface area contributed by atoms with Crippen LogP contribution in [0.15, 0.2) is 18.2 Å². The fourth-order valence-corrected chi connectivity index (χ4v) is 4.99. The molecule has 1 saturated carbocycles. The highest BCUT2D eigenvalue weighted by molar-refractivity contribution is 5.95. The Morgan fingerprint density at radius 1 is 1.06 bits per heavy atom. The Kier molecular flexibility index (Phi) is 7.69. The largest absolute Gasteiger partial charge is 0.466 e. The third kappa shape index (κ3) is 5.76. The number of carbonyl (C=O) groups is 3. The smallest absolute Gasteiger partial charge is 0.306 e. The second-order valence-corrected chi connectivity index (χ2v) is 8.77. The van der Waals surface area contributed by atoms with E-state index in [0.29, 0.717) is 55.9 Å². The Balaban J connectivity index is 1.35. The van der Waals surface area contributed by atoms with E-state index in [2.05, 4.69) is 10.2 Å². The molecule has 0 unspecified atom stereocenters. The first kappa shape index (κ1) is 23.4. The third-order valence-electron chi connectivity index (χ3n) is 6.66. The summed E-state index contributed by atoms with van der Waals surface area (Å²) in [4.78, 5) is 41.5. The van der Waals surface area contributed by atoms with Crippen molar-refractivity contribution in [3.05, 3.63) is 18.2 Å². The molecule has 9 nitrogen and oxygen atoms in total. The van der Waals surface area contributed by atoms with Gasteiger partial charge in [-0.05, 0) is 37.8 Å². The molecule has 1 N–H and O–H groups in total. The minimum Gasteiger partial charge on any atom is -0.466 e. The first-order valence-electron chi connectivity index (χ1n) is 11.9. The average molecular weight is 460 g/mol. The number of hydrogen-bond donors (Lipinski definition) is 1. The van der Waals surface area contributed by atoms with Gasteiger partial charge in [0, 0.05) is 44.4 Å². The number of fused-ring (bicyclic) bond motifs is 1. The molecule has 1 saturated heterocycles. The fraction of sp³-hybridized carbons (Fsp3) is 0.625. The van der Waals surface area contributed by atoms with Gasteiger partial charge in [-0.3, -0.25) is 19.3 Å². The molecule has 0 spiro atoms. The van der Waals surface area contributed by atoms with Gasteiger partial charge in [-0.2, -0.15) is 0 Å². The number of carbonyl (C=O) groups excluding carboxylic acids is 3. The number of nitrogens with one attached hydrogen (secondary N) is 1. The average Bonchev–Trinajstić information content (AvgIpc) is 3.50. The van der Waals surface area contributed by atoms with Crippen molar-refractivity contribution in [1.29, 1.82) is 0 Å². The Hall–Kier alpha value is -2.81. The van der Waals surface area contributed by atoms with Crippen LogP contribution in [0.5, 0.6) is 11.5 Å². The van der Waals surface area contributed by atoms with Gasteiger partial charge in [0.2, 0.25) is 18.6 Å². The summed E-state index contributed by atoms with van der Waals surface area (Å²) in [6.45, 7) is 4.66. The van der Waals surface area contributed by atoms with Gasteiger partial charge in [0.05, 0.1) is 19.1 Å². The molecule has 1 aromatic carbocycles. The first-order valence-corrected chi connectivity index (χ1v) is 11.9. The Labute approximate surface area is 194 Å². The quantitative estimate of drug-likeness (QED) is 0.596. The molecule has 3 aliphatic rings. The number of anilines is 1. The van der Waals surface area contributed by atoms with E-state index in [1.54, 1.807) is 17.9 Å². The van der Waals surface area contributed by atoms with E-state index in [1.165, 1.54) is 0 Å². The number of benzene rings is 1. The fourth-order valence-electron chi connectivity index (χ4n) is 4.99. The molecule has 1 atom stereocenters. The van der Waals surface area contributed by atoms with Crippen LogP contribution in [0, 0.1) is 5.92 Å². The summed E-state index contributed by atoms with van der Waals surface area (Å²) in [5, 5.41) is 3.08. The predicted molar refractivity (Wildman–Crippen MR) is 121 cm³/mol. The van der Waals surface area contributed by atoms with Gasteiger partial charge in [0.25, 0.3) is 0 Å². The summed E-state index contributed by atoms with van der Waals surface area (Å²) in [6.07, 6.45) is 4.64. The molecule has 1 aliphatic carbocycles. The van der Waals surface area contributed by atoms with Crippen molar-refractivity contribution in [2.75, 3.05) is 44.9 Å². The molecule has 2 aliphatic heterocycles. The second kappa shape index (κ2) is 10.9. The number of rotatable bonds is 8. The molecule has 0 aromatic heterocycles. The lowest BCUT2D eigenvalue weighted by molar-refractivity contribution is -0.146. The standard InChI is InChI=1S/C24H33N3O6/c1-2-31-22(29)10-9-21(28)26-11-13-27(14-12-26)23(17-5-3-4-6-17)24(30)25-18-7-8-19-20(15-18)33-16-32-19/h7-8,15,17,23H,2-6,9-14,16H2,1H3,(H,25,30)/t23-/m1/s1. The Morgan fingerprint density at radius 3 is 2.52 bits per heavy atom. The van der Waals surface area contributed by atoms with E-state index in [0.717, 1.165) is 25.7 Å². The second-order valence-electron chi connectivity index (χ2n) is 8.77. The summed E-state index contributed by atoms with van der Waals surface area (Å²) in [5.74, 6) is 1.24. The van der Waals surface area contributed by atoms with Crippen LogP contribution in [0.4, 0.5) is 5.69 Å². The van der Waals surface area contributed by atoms with Crippen LogP contribution in [0.2, 0.25) is 0 Å². The van der Waals surface area contributed by atoms with Crippen molar-refractivity contribution in [1.82, 2.24) is 9.80 Å². The number of ether oxygens (including phenoxy) is 3. The molecular formula is C24H33N3O6. The minimum absolute atomic E-state index is 0.0112. The lowest BCUT2D eigenvalue weighted by atomic mass is 9.94. The first-order chi connectivity index (χ1) is 16.0. The molecule has 0 radical (unpaired) electrons. The molecule has 180 valence electrons. The Morgan fingerprint density at radius 2 is 1.79 bits per heavy atom. The molecule has 1 aromatic rings. The minimum atomic E-state index is -0.342. The molecule has 33 heavy (non-hydrogen) atoms. The van der Waals surface area contributed by atoms with Crippen molar-refractivity contribution in [2.24, 2.45) is 5.92 Å². The zero-order chi connectivity index (χ0) is 23.2. The van der Waals surface area contributed by atoms with Crippen LogP contribution in [0.3, 0.4) is 0 Å². The number of hydrogen-bond acceptors (Lipinski definition) is 7. The molecule has 9 heteroatoms. The summed E-state index contributed by atoms with van der Waals surface area (Å²) in [5.41, 5.74) is 0.694. The molecular weight excluding hydrogens is 426 g/mol. The monoisotopic (exact) mass is 459 g/mol. The summed E-state index contributed by atoms with van der Waals surface area (Å²) in [7, 11) is 0. The molecule has 2 heterocycles. The van der Waals surface area contributed by atoms with Crippen molar-refractivity contribution < 1.29 is 28.6 Å². The molecule has 2 amide bonds. The van der Waals surface area contributed by atoms with Crippen LogP contribution in [-0.2, 0) is 19.1 Å². The highest BCUT2D eigenvalue weighted by Gasteiger charge is 2.37. The maximum Gasteiger partial charge on any atom is 0.306 e. The number of amides is 2. The van der Waals surface area contributed by atoms with Crippen LogP contribution >= 0.6 is 0 Å². The summed E-state index contributed by atoms with van der Waals surface area (Å²) in [6, 6.07) is 5.21. The number of nitrogens with zero attached hydrogens (tertiary/aromatic N) is 2. The van der Waals surface area contributed by atoms with Gasteiger partial charge in [-0.15, -0.1) is 0 Å². The maximum atomic E-state index is 13.4. The van der Waals surface area contributed by atoms with E-state index in [-0.39, 0.29) is 43.5 Å². The number of esters is 1. The van der Waals surface area contributed by atoms with Crippen LogP contribution in [-0.4, -0.2) is 73.2 Å². The highest BCUT2D eigenvalue weighted by Crippen LogP contribution is 2.35. The van der Waals surface area contributed by atoms with Crippen LogP contribution < -0.4 is 14.8 Å². The highest BCUT2D eigenvalue weighted by atomic mass is 16.7. The summed E-state index contributed by atoms with van der Waals surface area (Å²) >= 11 is 0. The SMILES string of the molecule is CCOC(=O)CCC(=O)N1CCN([C@@H](C(=O)Nc2ccc3c(c2)OCO3)C2CCCC2)CC1. The summed E-state index contributed by atoms with van der Waals surface area (Å²) < 4.78 is 15.7. The zero-order valence-electron chi connectivity index (χ0n) is 19.2. The normalized spacial score (nSPS) is 19.4. The number of piperazine rings is 1. The van der Waals surface area contributed by atoms with Crippen LogP contribution in [0.1, 0.15) is 45.4 Å². The predicted octanol–water partition coefficient (Wildman–Crippen LogP) is 2.40. The van der Waals surface area contributed by atoms with Gasteiger partial charge >= 0.3 is 5.97 Å². The van der Waals surface area contributed by atoms with Crippen molar-refractivity contribution >= 4 is 23.5 Å². The van der Waals surface area contributed by atoms with E-state index in [1.807, 2.05) is 12.1 Å². The lowest BCUT2D eigenvalue weighted by Gasteiger charge is -2.40. The van der Waals surface area contributed by atoms with E-state index in [4.69, 9.17) is 14.2 Å². The van der Waals surface area contributed by atoms with Gasteiger partial charge in [-0.1, -0.05) is 12.8 Å². The van der Waals surface area contributed by atoms with Gasteiger partial charge in [-0.25, -0.2) is 0 Å². The van der Waals surface area contributed by atoms with Crippen molar-refractivity contribution in [3.8, 4) is 11.5 Å². The van der Waals surface area contributed by atoms with E-state index >= 15 is 0 Å². The van der Waals surface area contributed by atoms with Crippen molar-refractivity contribution in [2.45, 2.75) is 51.5 Å². The molecule has 0 bridgehead atoms. The molecule has 2 fully saturated rings. The van der Waals surface area contributed by atoms with Crippen molar-refractivity contribution in [3.63, 3.8) is 0 Å². The maximum absolute atomic E-state index is 13.4. The lowest BCUT2D eigenvalue weighted by Crippen LogP contribution is -2.56. The van der Waals surface area contributed by atoms with Crippen LogP contribution in [0.25, 0.3) is 0 Å². The van der Waals surface area contributed by atoms with E-state index < -0.39 is 0 Å². The molecule has 4 rings (SSSR count). The zero-order valence-corrected chi connectivity index (χ0v) is 19.2. The van der Waals surface area contributed by atoms with Gasteiger partial charge in [0.1, 0.15) is 0 Å². The van der Waals surface area contributed by atoms with Gasteiger partial charge < -0.3 is 24.4 Å². The van der Waals surface area contributed by atoms with Gasteiger partial charge in [0.15, 0.2) is 11.5 Å². The third-order valence-corrected chi connectivity index (χ3v) is 6.66. The van der Waals surface area contributed by atoms with E-state index in [9.17, 15) is 14.4 Å². The Bertz CT molecular complexity index is 862.